The lowest BCUT2D eigenvalue weighted by Gasteiger charge is -2.19. The Morgan fingerprint density at radius 2 is 1.78 bits per heavy atom. The maximum Gasteiger partial charge on any atom is 0.161 e. The molecule has 18 heavy (non-hydrogen) atoms. The molecule has 1 aromatic carbocycles. The van der Waals surface area contributed by atoms with Crippen molar-refractivity contribution in [2.75, 3.05) is 13.2 Å². The molecule has 0 spiro atoms. The molecule has 0 amide bonds. The predicted octanol–water partition coefficient (Wildman–Crippen LogP) is 3.02. The number of rotatable bonds is 6. The van der Waals surface area contributed by atoms with Gasteiger partial charge in [0.25, 0.3) is 0 Å². The van der Waals surface area contributed by atoms with Gasteiger partial charge in [0.05, 0.1) is 12.7 Å². The van der Waals surface area contributed by atoms with Gasteiger partial charge in [0.15, 0.2) is 11.5 Å². The smallest absolute Gasteiger partial charge is 0.161 e. The van der Waals surface area contributed by atoms with E-state index >= 15 is 0 Å². The molecule has 0 radical (unpaired) electrons. The molecule has 1 aliphatic carbocycles. The fraction of sp³-hybridized carbons (Fsp3) is 0.600. The van der Waals surface area contributed by atoms with E-state index in [-0.39, 0.29) is 6.10 Å². The maximum atomic E-state index is 10.1. The second-order valence-electron chi connectivity index (χ2n) is 4.80. The third-order valence-corrected chi connectivity index (χ3v) is 3.50. The molecule has 1 fully saturated rings. The number of aliphatic hydroxyl groups excluding tert-OH is 1. The van der Waals surface area contributed by atoms with Gasteiger partial charge in [0.2, 0.25) is 0 Å². The monoisotopic (exact) mass is 250 g/mol. The first-order chi connectivity index (χ1) is 8.81. The van der Waals surface area contributed by atoms with Crippen LogP contribution in [-0.4, -0.2) is 24.4 Å². The minimum atomic E-state index is -0.359. The van der Waals surface area contributed by atoms with Crippen LogP contribution in [0, 0.1) is 5.92 Å². The van der Waals surface area contributed by atoms with Gasteiger partial charge in [-0.15, -0.1) is 0 Å². The lowest BCUT2D eigenvalue weighted by Crippen LogP contribution is -2.25. The van der Waals surface area contributed by atoms with Crippen molar-refractivity contribution >= 4 is 0 Å². The fourth-order valence-electron chi connectivity index (χ4n) is 2.50. The first-order valence-electron chi connectivity index (χ1n) is 6.84. The fourth-order valence-corrected chi connectivity index (χ4v) is 2.50. The van der Waals surface area contributed by atoms with Gasteiger partial charge in [0.1, 0.15) is 6.61 Å². The zero-order chi connectivity index (χ0) is 12.8. The van der Waals surface area contributed by atoms with Crippen LogP contribution in [0.25, 0.3) is 0 Å². The normalized spacial score (nSPS) is 17.7. The van der Waals surface area contributed by atoms with Crippen molar-refractivity contribution in [1.82, 2.24) is 0 Å². The van der Waals surface area contributed by atoms with Gasteiger partial charge >= 0.3 is 0 Å². The quantitative estimate of drug-likeness (QED) is 0.843. The lowest BCUT2D eigenvalue weighted by atomic mass is 10.0. The summed E-state index contributed by atoms with van der Waals surface area (Å²) in [4.78, 5) is 0. The molecular formula is C15H22O3. The molecule has 0 aromatic heterocycles. The third kappa shape index (κ3) is 3.39. The van der Waals surface area contributed by atoms with Crippen molar-refractivity contribution in [2.24, 2.45) is 5.92 Å². The van der Waals surface area contributed by atoms with E-state index in [4.69, 9.17) is 9.47 Å². The second kappa shape index (κ2) is 6.64. The van der Waals surface area contributed by atoms with E-state index in [1.54, 1.807) is 0 Å². The van der Waals surface area contributed by atoms with Crippen molar-refractivity contribution in [3.05, 3.63) is 24.3 Å². The minimum absolute atomic E-state index is 0.356. The van der Waals surface area contributed by atoms with Gasteiger partial charge in [-0.1, -0.05) is 25.0 Å². The van der Waals surface area contributed by atoms with Crippen LogP contribution >= 0.6 is 0 Å². The van der Waals surface area contributed by atoms with Crippen LogP contribution in [0.15, 0.2) is 24.3 Å². The van der Waals surface area contributed by atoms with E-state index in [0.29, 0.717) is 19.1 Å². The molecule has 2 rings (SSSR count). The molecule has 3 nitrogen and oxygen atoms in total. The highest BCUT2D eigenvalue weighted by Crippen LogP contribution is 2.30. The zero-order valence-corrected chi connectivity index (χ0v) is 11.0. The van der Waals surface area contributed by atoms with Crippen molar-refractivity contribution in [3.8, 4) is 11.5 Å². The first-order valence-corrected chi connectivity index (χ1v) is 6.84. The van der Waals surface area contributed by atoms with Gasteiger partial charge in [-0.05, 0) is 37.8 Å². The van der Waals surface area contributed by atoms with Crippen LogP contribution in [-0.2, 0) is 0 Å². The molecule has 0 bridgehead atoms. The highest BCUT2D eigenvalue weighted by atomic mass is 16.5. The molecular weight excluding hydrogens is 228 g/mol. The topological polar surface area (TPSA) is 38.7 Å². The third-order valence-electron chi connectivity index (χ3n) is 3.50. The van der Waals surface area contributed by atoms with Crippen LogP contribution in [0.4, 0.5) is 0 Å². The summed E-state index contributed by atoms with van der Waals surface area (Å²) >= 11 is 0. The molecule has 1 N–H and O–H groups in total. The highest BCUT2D eigenvalue weighted by molar-refractivity contribution is 5.39. The summed E-state index contributed by atoms with van der Waals surface area (Å²) in [5.74, 6) is 1.87. The van der Waals surface area contributed by atoms with Crippen LogP contribution in [0.3, 0.4) is 0 Å². The van der Waals surface area contributed by atoms with E-state index in [0.717, 1.165) is 24.3 Å². The van der Waals surface area contributed by atoms with Crippen molar-refractivity contribution in [3.63, 3.8) is 0 Å². The molecule has 3 heteroatoms. The number of para-hydroxylation sites is 2. The van der Waals surface area contributed by atoms with Crippen molar-refractivity contribution in [2.45, 2.75) is 38.7 Å². The number of benzene rings is 1. The Morgan fingerprint density at radius 1 is 1.17 bits per heavy atom. The lowest BCUT2D eigenvalue weighted by molar-refractivity contribution is 0.0580. The molecule has 0 aliphatic heterocycles. The Labute approximate surface area is 109 Å². The van der Waals surface area contributed by atoms with Crippen LogP contribution in [0.1, 0.15) is 32.6 Å². The number of ether oxygens (including phenoxy) is 2. The molecule has 100 valence electrons. The summed E-state index contributed by atoms with van der Waals surface area (Å²) in [6.45, 7) is 2.92. The van der Waals surface area contributed by atoms with E-state index in [1.165, 1.54) is 12.8 Å². The van der Waals surface area contributed by atoms with Gasteiger partial charge in [-0.3, -0.25) is 0 Å². The van der Waals surface area contributed by atoms with E-state index in [1.807, 2.05) is 31.2 Å². The standard InChI is InChI=1S/C15H22O3/c1-2-17-14-9-5-6-10-15(14)18-11-13(16)12-7-3-4-8-12/h5-6,9-10,12-13,16H,2-4,7-8,11H2,1H3. The maximum absolute atomic E-state index is 10.1. The summed E-state index contributed by atoms with van der Waals surface area (Å²) in [6.07, 6.45) is 4.35. The zero-order valence-electron chi connectivity index (χ0n) is 11.0. The Morgan fingerprint density at radius 3 is 2.39 bits per heavy atom. The average molecular weight is 250 g/mol. The van der Waals surface area contributed by atoms with Gasteiger partial charge in [-0.2, -0.15) is 0 Å². The molecule has 0 heterocycles. The second-order valence-corrected chi connectivity index (χ2v) is 4.80. The van der Waals surface area contributed by atoms with Crippen LogP contribution in [0.5, 0.6) is 11.5 Å². The Balaban J connectivity index is 1.88. The van der Waals surface area contributed by atoms with Crippen LogP contribution in [0.2, 0.25) is 0 Å². The summed E-state index contributed by atoms with van der Waals surface area (Å²) < 4.78 is 11.2. The summed E-state index contributed by atoms with van der Waals surface area (Å²) in [7, 11) is 0. The first kappa shape index (κ1) is 13.2. The largest absolute Gasteiger partial charge is 0.490 e. The average Bonchev–Trinajstić information content (AvgIpc) is 2.92. The van der Waals surface area contributed by atoms with Crippen molar-refractivity contribution in [1.29, 1.82) is 0 Å². The predicted molar refractivity (Wildman–Crippen MR) is 71.1 cm³/mol. The van der Waals surface area contributed by atoms with E-state index in [9.17, 15) is 5.11 Å². The molecule has 1 unspecified atom stereocenters. The van der Waals surface area contributed by atoms with E-state index in [2.05, 4.69) is 0 Å². The van der Waals surface area contributed by atoms with Gasteiger partial charge < -0.3 is 14.6 Å². The minimum Gasteiger partial charge on any atom is -0.490 e. The molecule has 1 atom stereocenters. The Kier molecular flexibility index (Phi) is 4.88. The number of hydrogen-bond acceptors (Lipinski definition) is 3. The SMILES string of the molecule is CCOc1ccccc1OCC(O)C1CCCC1. The van der Waals surface area contributed by atoms with E-state index < -0.39 is 0 Å². The summed E-state index contributed by atoms with van der Waals surface area (Å²) in [5, 5.41) is 10.1. The summed E-state index contributed by atoms with van der Waals surface area (Å²) in [5.41, 5.74) is 0. The highest BCUT2D eigenvalue weighted by Gasteiger charge is 2.23. The van der Waals surface area contributed by atoms with Crippen LogP contribution < -0.4 is 9.47 Å². The molecule has 0 saturated heterocycles. The molecule has 1 aliphatic rings. The van der Waals surface area contributed by atoms with Crippen molar-refractivity contribution < 1.29 is 14.6 Å². The molecule has 1 saturated carbocycles. The Hall–Kier alpha value is -1.22. The number of aliphatic hydroxyl groups is 1. The van der Waals surface area contributed by atoms with Gasteiger partial charge in [-0.25, -0.2) is 0 Å². The Bertz CT molecular complexity index is 359. The molecule has 1 aromatic rings. The van der Waals surface area contributed by atoms with Gasteiger partial charge in [0, 0.05) is 0 Å². The summed E-state index contributed by atoms with van der Waals surface area (Å²) in [6, 6.07) is 7.61. The number of hydrogen-bond donors (Lipinski definition) is 1.